The number of rotatable bonds is 3. The highest BCUT2D eigenvalue weighted by Crippen LogP contribution is 2.36. The number of halogens is 1. The smallest absolute Gasteiger partial charge is 0.222 e. The van der Waals surface area contributed by atoms with E-state index in [-0.39, 0.29) is 5.91 Å². The fourth-order valence-electron chi connectivity index (χ4n) is 3.71. The topological polar surface area (TPSA) is 60.8 Å². The maximum absolute atomic E-state index is 12.4. The van der Waals surface area contributed by atoms with E-state index in [1.807, 2.05) is 29.2 Å². The van der Waals surface area contributed by atoms with Crippen molar-refractivity contribution in [1.29, 1.82) is 0 Å². The number of benzene rings is 1. The first-order valence-electron chi connectivity index (χ1n) is 7.92. The third kappa shape index (κ3) is 3.29. The molecule has 2 N–H and O–H groups in total. The molecule has 1 aliphatic heterocycles. The Morgan fingerprint density at radius 1 is 1.14 bits per heavy atom. The maximum atomic E-state index is 12.4. The molecule has 0 aromatic heterocycles. The van der Waals surface area contributed by atoms with Crippen LogP contribution in [0.25, 0.3) is 0 Å². The van der Waals surface area contributed by atoms with Gasteiger partial charge < -0.3 is 15.1 Å². The highest BCUT2D eigenvalue weighted by atomic mass is 35.5. The van der Waals surface area contributed by atoms with E-state index in [9.17, 15) is 15.0 Å². The molecule has 1 heterocycles. The van der Waals surface area contributed by atoms with Crippen LogP contribution >= 0.6 is 11.6 Å². The third-order valence-corrected chi connectivity index (χ3v) is 5.40. The van der Waals surface area contributed by atoms with Crippen molar-refractivity contribution in [3.8, 4) is 0 Å². The molecule has 2 fully saturated rings. The second-order valence-electron chi connectivity index (χ2n) is 6.52. The van der Waals surface area contributed by atoms with Crippen molar-refractivity contribution in [2.45, 2.75) is 37.9 Å². The maximum Gasteiger partial charge on any atom is 0.222 e. The number of hydrogen-bond acceptors (Lipinski definition) is 3. The van der Waals surface area contributed by atoms with Crippen molar-refractivity contribution in [1.82, 2.24) is 4.90 Å². The van der Waals surface area contributed by atoms with E-state index in [1.54, 1.807) is 0 Å². The summed E-state index contributed by atoms with van der Waals surface area (Å²) in [6.45, 7) is 1.41. The van der Waals surface area contributed by atoms with Gasteiger partial charge in [0.2, 0.25) is 5.91 Å². The van der Waals surface area contributed by atoms with E-state index >= 15 is 0 Å². The van der Waals surface area contributed by atoms with Crippen LogP contribution < -0.4 is 0 Å². The van der Waals surface area contributed by atoms with Crippen molar-refractivity contribution >= 4 is 17.5 Å². The minimum absolute atomic E-state index is 0.137. The zero-order valence-electron chi connectivity index (χ0n) is 12.5. The van der Waals surface area contributed by atoms with Gasteiger partial charge in [0.15, 0.2) is 0 Å². The molecule has 3 rings (SSSR count). The lowest BCUT2D eigenvalue weighted by atomic mass is 9.79. The van der Waals surface area contributed by atoms with Gasteiger partial charge in [-0.05, 0) is 42.7 Å². The van der Waals surface area contributed by atoms with Crippen LogP contribution in [0.5, 0.6) is 0 Å². The zero-order valence-corrected chi connectivity index (χ0v) is 13.2. The average molecular weight is 324 g/mol. The van der Waals surface area contributed by atoms with Crippen molar-refractivity contribution in [2.24, 2.45) is 11.8 Å². The van der Waals surface area contributed by atoms with Gasteiger partial charge in [-0.3, -0.25) is 4.79 Å². The molecule has 1 amide bonds. The summed E-state index contributed by atoms with van der Waals surface area (Å²) in [5.41, 5.74) is 1.000. The lowest BCUT2D eigenvalue weighted by Crippen LogP contribution is -2.38. The molecular formula is C17H22ClNO3. The molecule has 120 valence electrons. The van der Waals surface area contributed by atoms with Gasteiger partial charge in [-0.25, -0.2) is 0 Å². The summed E-state index contributed by atoms with van der Waals surface area (Å²) in [5, 5.41) is 20.2. The van der Waals surface area contributed by atoms with Gasteiger partial charge in [0.25, 0.3) is 0 Å². The summed E-state index contributed by atoms with van der Waals surface area (Å²) in [6, 6.07) is 7.61. The number of aryl methyl sites for hydroxylation is 1. The number of fused-ring (bicyclic) bond motifs is 1. The van der Waals surface area contributed by atoms with E-state index in [4.69, 9.17) is 11.6 Å². The first-order valence-corrected chi connectivity index (χ1v) is 8.29. The second-order valence-corrected chi connectivity index (χ2v) is 6.92. The Balaban J connectivity index is 1.55. The number of amides is 1. The number of hydrogen-bond donors (Lipinski definition) is 2. The minimum atomic E-state index is -0.639. The summed E-state index contributed by atoms with van der Waals surface area (Å²) in [5.74, 6) is 0.781. The predicted molar refractivity (Wildman–Crippen MR) is 84.6 cm³/mol. The molecule has 0 bridgehead atoms. The van der Waals surface area contributed by atoms with Crippen LogP contribution in [-0.2, 0) is 11.2 Å². The SMILES string of the molecule is O=C(CCc1ccccc1Cl)N1C[C@H]2C[C@H](O)[C@H](O)C[C@H]2C1. The molecule has 0 radical (unpaired) electrons. The van der Waals surface area contributed by atoms with E-state index in [0.717, 1.165) is 5.56 Å². The fourth-order valence-corrected chi connectivity index (χ4v) is 3.94. The average Bonchev–Trinajstić information content (AvgIpc) is 2.89. The summed E-state index contributed by atoms with van der Waals surface area (Å²) in [7, 11) is 0. The molecule has 1 saturated heterocycles. The third-order valence-electron chi connectivity index (χ3n) is 5.03. The number of nitrogens with zero attached hydrogens (tertiary/aromatic N) is 1. The number of aliphatic hydroxyl groups excluding tert-OH is 2. The Kier molecular flexibility index (Phi) is 4.71. The van der Waals surface area contributed by atoms with Crippen LogP contribution in [0.2, 0.25) is 5.02 Å². The Hall–Kier alpha value is -1.10. The lowest BCUT2D eigenvalue weighted by molar-refractivity contribution is -0.130. The molecule has 1 aromatic rings. The van der Waals surface area contributed by atoms with Gasteiger partial charge in [0.1, 0.15) is 0 Å². The zero-order chi connectivity index (χ0) is 15.7. The Morgan fingerprint density at radius 3 is 2.32 bits per heavy atom. The van der Waals surface area contributed by atoms with E-state index < -0.39 is 12.2 Å². The fraction of sp³-hybridized carbons (Fsp3) is 0.588. The molecule has 1 aromatic carbocycles. The highest BCUT2D eigenvalue weighted by Gasteiger charge is 2.42. The van der Waals surface area contributed by atoms with Crippen molar-refractivity contribution in [3.63, 3.8) is 0 Å². The molecular weight excluding hydrogens is 302 g/mol. The molecule has 22 heavy (non-hydrogen) atoms. The molecule has 0 spiro atoms. The van der Waals surface area contributed by atoms with Gasteiger partial charge >= 0.3 is 0 Å². The Bertz CT molecular complexity index is 532. The molecule has 1 aliphatic carbocycles. The first kappa shape index (κ1) is 15.8. The summed E-state index contributed by atoms with van der Waals surface area (Å²) >= 11 is 6.12. The molecule has 0 unspecified atom stereocenters. The van der Waals surface area contributed by atoms with Gasteiger partial charge in [-0.15, -0.1) is 0 Å². The van der Waals surface area contributed by atoms with Crippen molar-refractivity contribution < 1.29 is 15.0 Å². The van der Waals surface area contributed by atoms with Crippen molar-refractivity contribution in [3.05, 3.63) is 34.9 Å². The van der Waals surface area contributed by atoms with Gasteiger partial charge in [-0.1, -0.05) is 29.8 Å². The largest absolute Gasteiger partial charge is 0.390 e. The molecule has 5 heteroatoms. The van der Waals surface area contributed by atoms with Crippen LogP contribution in [-0.4, -0.2) is 46.3 Å². The number of carbonyl (C=O) groups is 1. The van der Waals surface area contributed by atoms with Crippen molar-refractivity contribution in [2.75, 3.05) is 13.1 Å². The van der Waals surface area contributed by atoms with Crippen LogP contribution in [0, 0.1) is 11.8 Å². The molecule has 4 nitrogen and oxygen atoms in total. The minimum Gasteiger partial charge on any atom is -0.390 e. The Labute approximate surface area is 135 Å². The monoisotopic (exact) mass is 323 g/mol. The normalized spacial score (nSPS) is 31.1. The first-order chi connectivity index (χ1) is 10.5. The summed E-state index contributed by atoms with van der Waals surface area (Å²) in [6.07, 6.45) is 1.02. The van der Waals surface area contributed by atoms with Gasteiger partial charge in [0.05, 0.1) is 12.2 Å². The standard InChI is InChI=1S/C17H22ClNO3/c18-14-4-2-1-3-11(14)5-6-17(22)19-9-12-7-15(20)16(21)8-13(12)10-19/h1-4,12-13,15-16,20-21H,5-10H2/t12-,13+,15+,16-. The van der Waals surface area contributed by atoms with Gasteiger partial charge in [0, 0.05) is 24.5 Å². The molecule has 4 atom stereocenters. The van der Waals surface area contributed by atoms with Crippen LogP contribution in [0.1, 0.15) is 24.8 Å². The quantitative estimate of drug-likeness (QED) is 0.892. The highest BCUT2D eigenvalue weighted by molar-refractivity contribution is 6.31. The van der Waals surface area contributed by atoms with E-state index in [2.05, 4.69) is 0 Å². The molecule has 2 aliphatic rings. The van der Waals surface area contributed by atoms with Crippen LogP contribution in [0.3, 0.4) is 0 Å². The number of aliphatic hydroxyl groups is 2. The van der Waals surface area contributed by atoms with Gasteiger partial charge in [-0.2, -0.15) is 0 Å². The lowest BCUT2D eigenvalue weighted by Gasteiger charge is -2.31. The Morgan fingerprint density at radius 2 is 1.73 bits per heavy atom. The van der Waals surface area contributed by atoms with E-state index in [0.29, 0.717) is 55.6 Å². The second kappa shape index (κ2) is 6.57. The number of carbonyl (C=O) groups excluding carboxylic acids is 1. The summed E-state index contributed by atoms with van der Waals surface area (Å²) in [4.78, 5) is 14.3. The summed E-state index contributed by atoms with van der Waals surface area (Å²) < 4.78 is 0. The molecule has 1 saturated carbocycles. The van der Waals surface area contributed by atoms with Crippen LogP contribution in [0.4, 0.5) is 0 Å². The number of likely N-dealkylation sites (tertiary alicyclic amines) is 1. The van der Waals surface area contributed by atoms with Crippen LogP contribution in [0.15, 0.2) is 24.3 Å². The van der Waals surface area contributed by atoms with E-state index in [1.165, 1.54) is 0 Å². The predicted octanol–water partition coefficient (Wildman–Crippen LogP) is 1.86.